The third kappa shape index (κ3) is 4.57. The quantitative estimate of drug-likeness (QED) is 0.244. The van der Waals surface area contributed by atoms with E-state index in [1.807, 2.05) is 37.3 Å². The molecule has 0 saturated carbocycles. The molecule has 7 heteroatoms. The van der Waals surface area contributed by atoms with Gasteiger partial charge < -0.3 is 4.74 Å². The number of hydrogen-bond acceptors (Lipinski definition) is 5. The van der Waals surface area contributed by atoms with Gasteiger partial charge in [-0.3, -0.25) is 9.55 Å². The van der Waals surface area contributed by atoms with E-state index in [1.54, 1.807) is 29.8 Å². The summed E-state index contributed by atoms with van der Waals surface area (Å²) in [5, 5.41) is 1.02. The SMILES string of the molecule is Cc1nc2cnccc2n1-c1ccc(OCc2cccc(CCc3nc4cc(F)ccc4s3)c2)cc1. The maximum atomic E-state index is 13.4. The molecule has 3 aromatic heterocycles. The number of nitrogens with zero attached hydrogens (tertiary/aromatic N) is 4. The summed E-state index contributed by atoms with van der Waals surface area (Å²) in [4.78, 5) is 13.3. The third-order valence-electron chi connectivity index (χ3n) is 6.14. The van der Waals surface area contributed by atoms with Crippen LogP contribution >= 0.6 is 11.3 Å². The molecule has 0 fully saturated rings. The van der Waals surface area contributed by atoms with Gasteiger partial charge in [0, 0.05) is 24.4 Å². The van der Waals surface area contributed by atoms with Crippen LogP contribution in [0.5, 0.6) is 5.75 Å². The molecule has 178 valence electrons. The highest BCUT2D eigenvalue weighted by atomic mass is 32.1. The lowest BCUT2D eigenvalue weighted by Crippen LogP contribution is -1.99. The summed E-state index contributed by atoms with van der Waals surface area (Å²) in [5.41, 5.74) is 6.03. The number of ether oxygens (including phenoxy) is 1. The van der Waals surface area contributed by atoms with E-state index < -0.39 is 0 Å². The Labute approximate surface area is 211 Å². The van der Waals surface area contributed by atoms with Gasteiger partial charge in [-0.15, -0.1) is 11.3 Å². The lowest BCUT2D eigenvalue weighted by Gasteiger charge is -2.10. The van der Waals surface area contributed by atoms with Crippen LogP contribution in [0.1, 0.15) is 22.0 Å². The van der Waals surface area contributed by atoms with Gasteiger partial charge in [-0.05, 0) is 66.9 Å². The molecule has 6 rings (SSSR count). The summed E-state index contributed by atoms with van der Waals surface area (Å²) in [6, 6.07) is 23.3. The van der Waals surface area contributed by atoms with E-state index in [2.05, 4.69) is 43.8 Å². The Hall–Kier alpha value is -4.10. The first-order chi connectivity index (χ1) is 17.6. The fraction of sp³-hybridized carbons (Fsp3) is 0.138. The molecule has 0 N–H and O–H groups in total. The number of aryl methyl sites for hydroxylation is 3. The van der Waals surface area contributed by atoms with Crippen LogP contribution < -0.4 is 4.74 Å². The standard InChI is InChI=1S/C29H23FN4OS/c1-19-32-26-17-31-14-13-27(26)34(19)23-7-9-24(10-8-23)35-18-21-4-2-3-20(15-21)5-12-29-33-25-16-22(30)6-11-28(25)36-29/h2-4,6-11,13-17H,5,12,18H2,1H3. The smallest absolute Gasteiger partial charge is 0.125 e. The second-order valence-corrected chi connectivity index (χ2v) is 9.80. The van der Waals surface area contributed by atoms with Crippen LogP contribution in [0.2, 0.25) is 0 Å². The molecule has 0 radical (unpaired) electrons. The molecule has 0 aliphatic rings. The summed E-state index contributed by atoms with van der Waals surface area (Å²) in [5.74, 6) is 1.49. The predicted molar refractivity (Wildman–Crippen MR) is 141 cm³/mol. The molecule has 0 bridgehead atoms. The zero-order valence-electron chi connectivity index (χ0n) is 19.7. The molecule has 0 amide bonds. The minimum absolute atomic E-state index is 0.246. The van der Waals surface area contributed by atoms with Gasteiger partial charge >= 0.3 is 0 Å². The van der Waals surface area contributed by atoms with Crippen molar-refractivity contribution in [2.24, 2.45) is 0 Å². The number of thiazole rings is 1. The summed E-state index contributed by atoms with van der Waals surface area (Å²) in [7, 11) is 0. The van der Waals surface area contributed by atoms with Crippen molar-refractivity contribution in [3.05, 3.63) is 113 Å². The van der Waals surface area contributed by atoms with E-state index in [9.17, 15) is 4.39 Å². The zero-order valence-corrected chi connectivity index (χ0v) is 20.5. The Morgan fingerprint density at radius 3 is 2.64 bits per heavy atom. The van der Waals surface area contributed by atoms with Crippen molar-refractivity contribution in [2.75, 3.05) is 0 Å². The molecular weight excluding hydrogens is 471 g/mol. The second-order valence-electron chi connectivity index (χ2n) is 8.68. The maximum absolute atomic E-state index is 13.4. The number of pyridine rings is 1. The van der Waals surface area contributed by atoms with Gasteiger partial charge in [-0.2, -0.15) is 0 Å². The van der Waals surface area contributed by atoms with Crippen LogP contribution in [0.15, 0.2) is 85.2 Å². The van der Waals surface area contributed by atoms with Crippen LogP contribution in [0, 0.1) is 12.7 Å². The summed E-state index contributed by atoms with van der Waals surface area (Å²) >= 11 is 1.63. The molecule has 3 heterocycles. The van der Waals surface area contributed by atoms with Crippen molar-refractivity contribution in [2.45, 2.75) is 26.4 Å². The number of rotatable bonds is 7. The van der Waals surface area contributed by atoms with Crippen molar-refractivity contribution < 1.29 is 9.13 Å². The van der Waals surface area contributed by atoms with E-state index in [-0.39, 0.29) is 5.82 Å². The van der Waals surface area contributed by atoms with Crippen LogP contribution in [-0.4, -0.2) is 19.5 Å². The molecule has 3 aromatic carbocycles. The summed E-state index contributed by atoms with van der Waals surface area (Å²) < 4.78 is 22.6. The number of benzene rings is 3. The first kappa shape index (κ1) is 22.4. The van der Waals surface area contributed by atoms with Gasteiger partial charge in [-0.1, -0.05) is 24.3 Å². The Bertz CT molecular complexity index is 1670. The molecule has 0 aliphatic carbocycles. The van der Waals surface area contributed by atoms with Crippen molar-refractivity contribution in [1.82, 2.24) is 19.5 Å². The lowest BCUT2D eigenvalue weighted by atomic mass is 10.1. The number of hydrogen-bond donors (Lipinski definition) is 0. The third-order valence-corrected chi connectivity index (χ3v) is 7.23. The van der Waals surface area contributed by atoms with Gasteiger partial charge in [0.2, 0.25) is 0 Å². The highest BCUT2D eigenvalue weighted by Gasteiger charge is 2.10. The molecular formula is C29H23FN4OS. The van der Waals surface area contributed by atoms with Gasteiger partial charge in [0.25, 0.3) is 0 Å². The van der Waals surface area contributed by atoms with Gasteiger partial charge in [0.05, 0.1) is 26.9 Å². The fourth-order valence-corrected chi connectivity index (χ4v) is 5.37. The zero-order chi connectivity index (χ0) is 24.5. The van der Waals surface area contributed by atoms with Crippen molar-refractivity contribution in [1.29, 1.82) is 0 Å². The second kappa shape index (κ2) is 9.51. The Morgan fingerprint density at radius 2 is 1.75 bits per heavy atom. The van der Waals surface area contributed by atoms with Crippen LogP contribution in [0.3, 0.4) is 0 Å². The average molecular weight is 495 g/mol. The Balaban J connectivity index is 1.10. The summed E-state index contributed by atoms with van der Waals surface area (Å²) in [6.45, 7) is 2.49. The molecule has 0 unspecified atom stereocenters. The fourth-order valence-electron chi connectivity index (χ4n) is 4.42. The molecule has 0 saturated heterocycles. The number of halogens is 1. The highest BCUT2D eigenvalue weighted by Crippen LogP contribution is 2.25. The van der Waals surface area contributed by atoms with Crippen molar-refractivity contribution in [3.8, 4) is 11.4 Å². The molecule has 5 nitrogen and oxygen atoms in total. The molecule has 0 aliphatic heterocycles. The van der Waals surface area contributed by atoms with Gasteiger partial charge in [0.1, 0.15) is 29.5 Å². The molecule has 0 atom stereocenters. The predicted octanol–water partition coefficient (Wildman–Crippen LogP) is 6.84. The summed E-state index contributed by atoms with van der Waals surface area (Å²) in [6.07, 6.45) is 5.26. The Kier molecular flexibility index (Phi) is 5.91. The van der Waals surface area contributed by atoms with E-state index in [0.29, 0.717) is 6.61 Å². The monoisotopic (exact) mass is 494 g/mol. The van der Waals surface area contributed by atoms with E-state index in [0.717, 1.165) is 61.9 Å². The molecule has 36 heavy (non-hydrogen) atoms. The van der Waals surface area contributed by atoms with Crippen molar-refractivity contribution >= 4 is 32.6 Å². The van der Waals surface area contributed by atoms with Crippen LogP contribution in [0.4, 0.5) is 4.39 Å². The average Bonchev–Trinajstić information content (AvgIpc) is 3.46. The highest BCUT2D eigenvalue weighted by molar-refractivity contribution is 7.18. The van der Waals surface area contributed by atoms with Crippen LogP contribution in [-0.2, 0) is 19.4 Å². The number of imidazole rings is 1. The molecule has 0 spiro atoms. The first-order valence-corrected chi connectivity index (χ1v) is 12.6. The lowest BCUT2D eigenvalue weighted by molar-refractivity contribution is 0.306. The maximum Gasteiger partial charge on any atom is 0.125 e. The van der Waals surface area contributed by atoms with Gasteiger partial charge in [0.15, 0.2) is 0 Å². The van der Waals surface area contributed by atoms with Gasteiger partial charge in [-0.25, -0.2) is 14.4 Å². The van der Waals surface area contributed by atoms with E-state index in [4.69, 9.17) is 4.74 Å². The number of fused-ring (bicyclic) bond motifs is 2. The topological polar surface area (TPSA) is 52.8 Å². The first-order valence-electron chi connectivity index (χ1n) is 11.8. The minimum Gasteiger partial charge on any atom is -0.489 e. The van der Waals surface area contributed by atoms with E-state index in [1.165, 1.54) is 17.7 Å². The van der Waals surface area contributed by atoms with E-state index >= 15 is 0 Å². The van der Waals surface area contributed by atoms with Crippen LogP contribution in [0.25, 0.3) is 26.9 Å². The Morgan fingerprint density at radius 1 is 0.889 bits per heavy atom. The minimum atomic E-state index is -0.246. The molecule has 6 aromatic rings. The largest absolute Gasteiger partial charge is 0.489 e. The number of aromatic nitrogens is 4. The normalized spacial score (nSPS) is 11.4. The van der Waals surface area contributed by atoms with Crippen molar-refractivity contribution in [3.63, 3.8) is 0 Å².